The fourth-order valence-electron chi connectivity index (χ4n) is 1.37. The first-order valence-electron chi connectivity index (χ1n) is 5.35. The first-order valence-corrected chi connectivity index (χ1v) is 5.35. The Morgan fingerprint density at radius 2 is 2.05 bits per heavy atom. The van der Waals surface area contributed by atoms with Gasteiger partial charge < -0.3 is 10.4 Å². The predicted molar refractivity (Wildman–Crippen MR) is 63.2 cm³/mol. The lowest BCUT2D eigenvalue weighted by molar-refractivity contribution is -0.384. The average Bonchev–Trinajstić information content (AvgIpc) is 2.30. The highest BCUT2D eigenvalue weighted by Crippen LogP contribution is 2.25. The third-order valence-electron chi connectivity index (χ3n) is 2.23. The van der Waals surface area contributed by atoms with Gasteiger partial charge in [-0.3, -0.25) is 19.7 Å². The second kappa shape index (κ2) is 6.43. The van der Waals surface area contributed by atoms with Crippen LogP contribution in [0, 0.1) is 15.9 Å². The zero-order valence-corrected chi connectivity index (χ0v) is 9.76. The molecule has 0 aliphatic rings. The molecule has 0 atom stereocenters. The van der Waals surface area contributed by atoms with E-state index in [2.05, 4.69) is 5.32 Å². The van der Waals surface area contributed by atoms with Gasteiger partial charge in [-0.2, -0.15) is 0 Å². The number of benzene rings is 1. The summed E-state index contributed by atoms with van der Waals surface area (Å²) in [5.41, 5.74) is -0.668. The van der Waals surface area contributed by atoms with Crippen molar-refractivity contribution in [2.45, 2.75) is 19.3 Å². The summed E-state index contributed by atoms with van der Waals surface area (Å²) in [6.45, 7) is 0. The van der Waals surface area contributed by atoms with Crippen molar-refractivity contribution >= 4 is 23.3 Å². The summed E-state index contributed by atoms with van der Waals surface area (Å²) in [5.74, 6) is -2.37. The fourth-order valence-corrected chi connectivity index (χ4v) is 1.37. The molecule has 0 aliphatic heterocycles. The molecule has 0 bridgehead atoms. The van der Waals surface area contributed by atoms with Gasteiger partial charge in [0.25, 0.3) is 5.69 Å². The van der Waals surface area contributed by atoms with Gasteiger partial charge in [0, 0.05) is 12.8 Å². The van der Waals surface area contributed by atoms with Crippen LogP contribution in [0.3, 0.4) is 0 Å². The van der Waals surface area contributed by atoms with Crippen LogP contribution in [0.1, 0.15) is 19.3 Å². The van der Waals surface area contributed by atoms with E-state index >= 15 is 0 Å². The van der Waals surface area contributed by atoms with Gasteiger partial charge in [-0.15, -0.1) is 0 Å². The van der Waals surface area contributed by atoms with Crippen LogP contribution in [0.2, 0.25) is 0 Å². The van der Waals surface area contributed by atoms with Crippen LogP contribution < -0.4 is 5.32 Å². The van der Waals surface area contributed by atoms with E-state index < -0.39 is 28.3 Å². The minimum atomic E-state index is -1.03. The van der Waals surface area contributed by atoms with Crippen molar-refractivity contribution in [2.75, 3.05) is 5.32 Å². The van der Waals surface area contributed by atoms with Crippen molar-refractivity contribution < 1.29 is 24.0 Å². The fraction of sp³-hybridized carbons (Fsp3) is 0.273. The van der Waals surface area contributed by atoms with Gasteiger partial charge in [-0.1, -0.05) is 0 Å². The molecule has 1 amide bonds. The van der Waals surface area contributed by atoms with Crippen molar-refractivity contribution in [3.63, 3.8) is 0 Å². The largest absolute Gasteiger partial charge is 0.481 e. The lowest BCUT2D eigenvalue weighted by atomic mass is 10.2. The van der Waals surface area contributed by atoms with Crippen LogP contribution in [0.25, 0.3) is 0 Å². The number of hydrogen-bond acceptors (Lipinski definition) is 4. The Bertz CT molecular complexity index is 518. The number of nitrogens with one attached hydrogen (secondary N) is 1. The summed E-state index contributed by atoms with van der Waals surface area (Å²) in [6, 6.07) is 2.77. The lowest BCUT2D eigenvalue weighted by Crippen LogP contribution is -2.13. The third kappa shape index (κ3) is 4.70. The van der Waals surface area contributed by atoms with Crippen LogP contribution in [0.5, 0.6) is 0 Å². The van der Waals surface area contributed by atoms with Crippen molar-refractivity contribution in [1.29, 1.82) is 0 Å². The van der Waals surface area contributed by atoms with E-state index in [-0.39, 0.29) is 24.9 Å². The molecule has 2 N–H and O–H groups in total. The number of nitrogens with zero attached hydrogens (tertiary/aromatic N) is 1. The van der Waals surface area contributed by atoms with Crippen LogP contribution in [-0.2, 0) is 9.59 Å². The Hall–Kier alpha value is -2.51. The maximum atomic E-state index is 12.9. The van der Waals surface area contributed by atoms with Gasteiger partial charge in [-0.25, -0.2) is 4.39 Å². The summed E-state index contributed by atoms with van der Waals surface area (Å²) < 4.78 is 12.9. The monoisotopic (exact) mass is 270 g/mol. The molecule has 1 aromatic carbocycles. The van der Waals surface area contributed by atoms with Gasteiger partial charge >= 0.3 is 5.97 Å². The smallest absolute Gasteiger partial charge is 0.303 e. The highest BCUT2D eigenvalue weighted by molar-refractivity contribution is 5.93. The molecular formula is C11H11FN2O5. The molecular weight excluding hydrogens is 259 g/mol. The van der Waals surface area contributed by atoms with E-state index in [1.807, 2.05) is 0 Å². The van der Waals surface area contributed by atoms with E-state index in [1.165, 1.54) is 0 Å². The topological polar surface area (TPSA) is 110 Å². The molecule has 19 heavy (non-hydrogen) atoms. The zero-order valence-electron chi connectivity index (χ0n) is 9.76. The highest BCUT2D eigenvalue weighted by Gasteiger charge is 2.16. The van der Waals surface area contributed by atoms with Gasteiger partial charge in [0.05, 0.1) is 11.0 Å². The summed E-state index contributed by atoms with van der Waals surface area (Å²) in [7, 11) is 0. The minimum Gasteiger partial charge on any atom is -0.481 e. The Labute approximate surface area is 107 Å². The number of carboxylic acid groups (broad SMARTS) is 1. The first kappa shape index (κ1) is 14.6. The summed E-state index contributed by atoms with van der Waals surface area (Å²) in [5, 5.41) is 21.3. The molecule has 0 saturated carbocycles. The van der Waals surface area contributed by atoms with E-state index in [4.69, 9.17) is 5.11 Å². The number of nitro groups is 1. The number of hydrogen-bond donors (Lipinski definition) is 2. The summed E-state index contributed by atoms with van der Waals surface area (Å²) in [6.07, 6.45) is -0.129. The molecule has 1 aromatic rings. The molecule has 0 fully saturated rings. The maximum absolute atomic E-state index is 12.9. The molecule has 0 spiro atoms. The van der Waals surface area contributed by atoms with E-state index in [0.717, 1.165) is 12.1 Å². The van der Waals surface area contributed by atoms with Crippen molar-refractivity contribution in [3.05, 3.63) is 34.1 Å². The number of aliphatic carboxylic acids is 1. The second-order valence-electron chi connectivity index (χ2n) is 3.71. The normalized spacial score (nSPS) is 9.95. The average molecular weight is 270 g/mol. The van der Waals surface area contributed by atoms with Crippen molar-refractivity contribution in [3.8, 4) is 0 Å². The number of carbonyl (C=O) groups is 2. The van der Waals surface area contributed by atoms with E-state index in [9.17, 15) is 24.1 Å². The van der Waals surface area contributed by atoms with Crippen LogP contribution in [0.4, 0.5) is 15.8 Å². The van der Waals surface area contributed by atoms with Crippen LogP contribution >= 0.6 is 0 Å². The molecule has 0 aromatic heterocycles. The second-order valence-corrected chi connectivity index (χ2v) is 3.71. The third-order valence-corrected chi connectivity index (χ3v) is 2.23. The molecule has 0 radical (unpaired) electrons. The molecule has 1 rings (SSSR count). The molecule has 0 saturated heterocycles. The molecule has 8 heteroatoms. The standard InChI is InChI=1S/C11H11FN2O5/c12-7-4-5-8(9(6-7)14(18)19)13-10(15)2-1-3-11(16)17/h4-6H,1-3H2,(H,13,15)(H,16,17). The maximum Gasteiger partial charge on any atom is 0.303 e. The number of carbonyl (C=O) groups excluding carboxylic acids is 1. The summed E-state index contributed by atoms with van der Waals surface area (Å²) >= 11 is 0. The quantitative estimate of drug-likeness (QED) is 0.606. The highest BCUT2D eigenvalue weighted by atomic mass is 19.1. The Kier molecular flexibility index (Phi) is 4.92. The van der Waals surface area contributed by atoms with E-state index in [1.54, 1.807) is 0 Å². The molecule has 102 valence electrons. The number of anilines is 1. The number of nitro benzene ring substituents is 1. The lowest BCUT2D eigenvalue weighted by Gasteiger charge is -2.05. The summed E-state index contributed by atoms with van der Waals surface area (Å²) in [4.78, 5) is 31.5. The molecule has 7 nitrogen and oxygen atoms in total. The van der Waals surface area contributed by atoms with Gasteiger partial charge in [0.15, 0.2) is 0 Å². The van der Waals surface area contributed by atoms with Crippen LogP contribution in [-0.4, -0.2) is 21.9 Å². The number of rotatable bonds is 6. The number of carboxylic acids is 1. The number of amides is 1. The Balaban J connectivity index is 2.68. The molecule has 0 heterocycles. The van der Waals surface area contributed by atoms with Crippen LogP contribution in [0.15, 0.2) is 18.2 Å². The Morgan fingerprint density at radius 3 is 2.63 bits per heavy atom. The number of halogens is 1. The first-order chi connectivity index (χ1) is 8.90. The van der Waals surface area contributed by atoms with E-state index in [0.29, 0.717) is 6.07 Å². The molecule has 0 unspecified atom stereocenters. The van der Waals surface area contributed by atoms with Crippen molar-refractivity contribution in [2.24, 2.45) is 0 Å². The molecule has 0 aliphatic carbocycles. The van der Waals surface area contributed by atoms with Gasteiger partial charge in [0.1, 0.15) is 11.5 Å². The predicted octanol–water partition coefficient (Wildman–Crippen LogP) is 1.93. The van der Waals surface area contributed by atoms with Gasteiger partial charge in [-0.05, 0) is 18.6 Å². The minimum absolute atomic E-state index is 0.0825. The SMILES string of the molecule is O=C(O)CCCC(=O)Nc1ccc(F)cc1[N+](=O)[O-]. The zero-order chi connectivity index (χ0) is 14.4. The Morgan fingerprint density at radius 1 is 1.37 bits per heavy atom. The van der Waals surface area contributed by atoms with Gasteiger partial charge in [0.2, 0.25) is 5.91 Å². The van der Waals surface area contributed by atoms with Crippen molar-refractivity contribution in [1.82, 2.24) is 0 Å².